The largest absolute Gasteiger partial charge is 0.301 e. The maximum absolute atomic E-state index is 11.7. The number of nitrogens with one attached hydrogen (secondary N) is 1. The molecule has 0 radical (unpaired) electrons. The topological polar surface area (TPSA) is 92.6 Å². The lowest BCUT2D eigenvalue weighted by Gasteiger charge is -2.12. The van der Waals surface area contributed by atoms with Gasteiger partial charge in [-0.2, -0.15) is 0 Å². The van der Waals surface area contributed by atoms with Gasteiger partial charge in [0.2, 0.25) is 11.8 Å². The number of carbonyl (C=O) groups excluding carboxylic acids is 2. The van der Waals surface area contributed by atoms with Gasteiger partial charge in [0.25, 0.3) is 5.69 Å². The fourth-order valence-corrected chi connectivity index (χ4v) is 2.27. The van der Waals surface area contributed by atoms with Crippen molar-refractivity contribution >= 4 is 29.1 Å². The van der Waals surface area contributed by atoms with E-state index in [9.17, 15) is 19.7 Å². The number of nitro groups is 1. The number of hydrogen-bond donors (Lipinski definition) is 1. The maximum Gasteiger partial charge on any atom is 0.275 e. The van der Waals surface area contributed by atoms with Gasteiger partial charge >= 0.3 is 0 Å². The summed E-state index contributed by atoms with van der Waals surface area (Å²) in [5.74, 6) is -0.620. The monoisotopic (exact) mass is 297 g/mol. The lowest BCUT2D eigenvalue weighted by molar-refractivity contribution is -0.385. The Hall–Kier alpha value is -1.99. The van der Waals surface area contributed by atoms with E-state index >= 15 is 0 Å². The van der Waals surface area contributed by atoms with Crippen LogP contribution in [0, 0.1) is 10.1 Å². The molecule has 1 aliphatic heterocycles. The number of halogens is 1. The first kappa shape index (κ1) is 14.4. The predicted octanol–water partition coefficient (Wildman–Crippen LogP) is 1.10. The average molecular weight is 298 g/mol. The normalized spacial score (nSPS) is 18.7. The Labute approximate surface area is 119 Å². The highest BCUT2D eigenvalue weighted by Crippen LogP contribution is 2.26. The quantitative estimate of drug-likeness (QED) is 0.510. The fraction of sp³-hybridized carbons (Fsp3) is 0.333. The Morgan fingerprint density at radius 2 is 2.20 bits per heavy atom. The third kappa shape index (κ3) is 2.63. The molecular weight excluding hydrogens is 286 g/mol. The summed E-state index contributed by atoms with van der Waals surface area (Å²) in [5, 5.41) is 14.0. The molecule has 0 aromatic heterocycles. The van der Waals surface area contributed by atoms with Crippen molar-refractivity contribution in [1.82, 2.24) is 10.2 Å². The molecule has 7 nitrogen and oxygen atoms in total. The van der Waals surface area contributed by atoms with Crippen LogP contribution in [0.5, 0.6) is 0 Å². The number of hydrogen-bond acceptors (Lipinski definition) is 5. The average Bonchev–Trinajstić information content (AvgIpc) is 2.64. The molecule has 1 aliphatic rings. The van der Waals surface area contributed by atoms with Crippen molar-refractivity contribution in [3.8, 4) is 0 Å². The highest BCUT2D eigenvalue weighted by Gasteiger charge is 2.35. The molecule has 1 unspecified atom stereocenters. The van der Waals surface area contributed by atoms with Crippen molar-refractivity contribution in [1.29, 1.82) is 0 Å². The van der Waals surface area contributed by atoms with Gasteiger partial charge in [-0.25, -0.2) is 0 Å². The van der Waals surface area contributed by atoms with Gasteiger partial charge in [0.1, 0.15) is 0 Å². The van der Waals surface area contributed by atoms with Crippen LogP contribution in [-0.4, -0.2) is 34.7 Å². The van der Waals surface area contributed by atoms with Gasteiger partial charge in [-0.05, 0) is 6.07 Å². The summed E-state index contributed by atoms with van der Waals surface area (Å²) in [5.41, 5.74) is 0.184. The zero-order valence-corrected chi connectivity index (χ0v) is 11.4. The Balaban J connectivity index is 2.14. The van der Waals surface area contributed by atoms with Gasteiger partial charge in [-0.15, -0.1) is 0 Å². The van der Waals surface area contributed by atoms with Crippen LogP contribution in [-0.2, 0) is 16.1 Å². The van der Waals surface area contributed by atoms with Gasteiger partial charge in [-0.3, -0.25) is 24.6 Å². The molecule has 0 spiro atoms. The molecule has 1 N–H and O–H groups in total. The van der Waals surface area contributed by atoms with Gasteiger partial charge in [0, 0.05) is 19.7 Å². The van der Waals surface area contributed by atoms with Crippen molar-refractivity contribution in [3.63, 3.8) is 0 Å². The third-order valence-electron chi connectivity index (χ3n) is 3.20. The molecule has 1 fully saturated rings. The van der Waals surface area contributed by atoms with Crippen molar-refractivity contribution < 1.29 is 14.5 Å². The van der Waals surface area contributed by atoms with E-state index in [-0.39, 0.29) is 35.5 Å². The number of benzene rings is 1. The first-order valence-corrected chi connectivity index (χ1v) is 6.25. The summed E-state index contributed by atoms with van der Waals surface area (Å²) in [6.07, 6.45) is 0.0492. The molecule has 1 heterocycles. The number of nitrogens with zero attached hydrogens (tertiary/aromatic N) is 2. The minimum atomic E-state index is -0.664. The minimum absolute atomic E-state index is 0.0491. The molecular formula is C12H12ClN3O4. The van der Waals surface area contributed by atoms with E-state index in [4.69, 9.17) is 11.6 Å². The summed E-state index contributed by atoms with van der Waals surface area (Å²) in [6.45, 7) is 0.0491. The third-order valence-corrected chi connectivity index (χ3v) is 3.55. The Bertz CT molecular complexity index is 590. The van der Waals surface area contributed by atoms with Gasteiger partial charge in [-0.1, -0.05) is 17.7 Å². The Kier molecular flexibility index (Phi) is 4.01. The smallest absolute Gasteiger partial charge is 0.275 e. The van der Waals surface area contributed by atoms with Crippen molar-refractivity contribution in [3.05, 3.63) is 38.9 Å². The number of rotatable bonds is 4. The second kappa shape index (κ2) is 5.56. The molecule has 20 heavy (non-hydrogen) atoms. The number of imide groups is 1. The second-order valence-electron chi connectivity index (χ2n) is 4.42. The molecule has 1 atom stereocenters. The summed E-state index contributed by atoms with van der Waals surface area (Å²) in [4.78, 5) is 34.5. The van der Waals surface area contributed by atoms with E-state index in [1.54, 1.807) is 6.07 Å². The highest BCUT2D eigenvalue weighted by molar-refractivity contribution is 6.31. The fourth-order valence-electron chi connectivity index (χ4n) is 2.03. The van der Waals surface area contributed by atoms with Gasteiger partial charge in [0.05, 0.1) is 28.0 Å². The van der Waals surface area contributed by atoms with Crippen molar-refractivity contribution in [2.75, 3.05) is 7.05 Å². The van der Waals surface area contributed by atoms with Crippen molar-refractivity contribution in [2.45, 2.75) is 19.0 Å². The van der Waals surface area contributed by atoms with E-state index in [0.717, 1.165) is 4.90 Å². The summed E-state index contributed by atoms with van der Waals surface area (Å²) >= 11 is 5.95. The highest BCUT2D eigenvalue weighted by atomic mass is 35.5. The Morgan fingerprint density at radius 1 is 1.50 bits per heavy atom. The standard InChI is InChI=1S/C12H12ClN3O4/c1-15-11(17)5-9(12(15)18)14-6-7-8(13)3-2-4-10(7)16(19)20/h2-4,9,14H,5-6H2,1H3. The van der Waals surface area contributed by atoms with Crippen LogP contribution in [0.3, 0.4) is 0 Å². The molecule has 0 bridgehead atoms. The molecule has 1 aromatic rings. The summed E-state index contributed by atoms with van der Waals surface area (Å²) in [7, 11) is 1.41. The number of nitro benzene ring substituents is 1. The first-order valence-electron chi connectivity index (χ1n) is 5.87. The van der Waals surface area contributed by atoms with E-state index in [0.29, 0.717) is 5.56 Å². The van der Waals surface area contributed by atoms with Gasteiger partial charge < -0.3 is 5.32 Å². The molecule has 0 aliphatic carbocycles. The number of likely N-dealkylation sites (tertiary alicyclic amines) is 1. The van der Waals surface area contributed by atoms with Crippen LogP contribution >= 0.6 is 11.6 Å². The van der Waals surface area contributed by atoms with E-state index < -0.39 is 11.0 Å². The minimum Gasteiger partial charge on any atom is -0.301 e. The molecule has 8 heteroatoms. The number of carbonyl (C=O) groups is 2. The first-order chi connectivity index (χ1) is 9.41. The van der Waals surface area contributed by atoms with Crippen LogP contribution in [0.25, 0.3) is 0 Å². The zero-order chi connectivity index (χ0) is 14.9. The lowest BCUT2D eigenvalue weighted by Crippen LogP contribution is -2.36. The maximum atomic E-state index is 11.7. The second-order valence-corrected chi connectivity index (χ2v) is 4.83. The van der Waals surface area contributed by atoms with E-state index in [1.165, 1.54) is 19.2 Å². The van der Waals surface area contributed by atoms with Crippen LogP contribution in [0.1, 0.15) is 12.0 Å². The van der Waals surface area contributed by atoms with Crippen LogP contribution in [0.2, 0.25) is 5.02 Å². The van der Waals surface area contributed by atoms with Crippen molar-refractivity contribution in [2.24, 2.45) is 0 Å². The molecule has 106 valence electrons. The van der Waals surface area contributed by atoms with Gasteiger partial charge in [0.15, 0.2) is 0 Å². The molecule has 0 saturated carbocycles. The van der Waals surface area contributed by atoms with E-state index in [1.807, 2.05) is 0 Å². The summed E-state index contributed by atoms with van der Waals surface area (Å²) in [6, 6.07) is 3.71. The molecule has 2 rings (SSSR count). The zero-order valence-electron chi connectivity index (χ0n) is 10.6. The molecule has 1 saturated heterocycles. The SMILES string of the molecule is CN1C(=O)CC(NCc2c(Cl)cccc2[N+](=O)[O-])C1=O. The summed E-state index contributed by atoms with van der Waals surface area (Å²) < 4.78 is 0. The predicted molar refractivity (Wildman–Crippen MR) is 71.1 cm³/mol. The van der Waals surface area contributed by atoms with Crippen LogP contribution < -0.4 is 5.32 Å². The Morgan fingerprint density at radius 3 is 2.75 bits per heavy atom. The van der Waals surface area contributed by atoms with Crippen LogP contribution in [0.15, 0.2) is 18.2 Å². The van der Waals surface area contributed by atoms with E-state index in [2.05, 4.69) is 5.32 Å². The lowest BCUT2D eigenvalue weighted by atomic mass is 10.1. The number of likely N-dealkylation sites (N-methyl/N-ethyl adjacent to an activating group) is 1. The number of amides is 2. The van der Waals surface area contributed by atoms with Crippen LogP contribution in [0.4, 0.5) is 5.69 Å². The molecule has 2 amide bonds. The molecule has 1 aromatic carbocycles.